The zero-order valence-electron chi connectivity index (χ0n) is 10.2. The van der Waals surface area contributed by atoms with Gasteiger partial charge < -0.3 is 15.5 Å². The molecule has 0 spiro atoms. The summed E-state index contributed by atoms with van der Waals surface area (Å²) in [6.45, 7) is 5.77. The van der Waals surface area contributed by atoms with Crippen molar-refractivity contribution in [2.24, 2.45) is 5.73 Å². The molecule has 102 valence electrons. The van der Waals surface area contributed by atoms with E-state index in [2.05, 4.69) is 9.80 Å². The van der Waals surface area contributed by atoms with Crippen LogP contribution in [0.25, 0.3) is 0 Å². The summed E-state index contributed by atoms with van der Waals surface area (Å²) in [5, 5.41) is 0. The topological polar surface area (TPSA) is 32.5 Å². The van der Waals surface area contributed by atoms with E-state index in [1.807, 2.05) is 0 Å². The van der Waals surface area contributed by atoms with Crippen LogP contribution in [0.4, 0.5) is 13.2 Å². The van der Waals surface area contributed by atoms with Crippen molar-refractivity contribution >= 4 is 0 Å². The minimum atomic E-state index is -4.02. The van der Waals surface area contributed by atoms with Crippen molar-refractivity contribution in [2.75, 3.05) is 45.8 Å². The van der Waals surface area contributed by atoms with Crippen LogP contribution in [0.1, 0.15) is 19.3 Å². The molecule has 0 bridgehead atoms. The molecule has 0 aliphatic carbocycles. The summed E-state index contributed by atoms with van der Waals surface area (Å²) >= 11 is 0. The molecule has 0 aromatic heterocycles. The van der Waals surface area contributed by atoms with Gasteiger partial charge in [-0.25, -0.2) is 0 Å². The van der Waals surface area contributed by atoms with E-state index in [1.165, 1.54) is 0 Å². The van der Waals surface area contributed by atoms with E-state index >= 15 is 0 Å². The molecule has 1 rings (SSSR count). The van der Waals surface area contributed by atoms with Gasteiger partial charge in [-0.1, -0.05) is 0 Å². The van der Waals surface area contributed by atoms with E-state index in [-0.39, 0.29) is 6.42 Å². The standard InChI is InChI=1S/C11H22F3N3/c12-11(13,14)3-1-5-16-6-2-7-17(8-4-15)10-9-16/h1-10,15H2. The van der Waals surface area contributed by atoms with Gasteiger partial charge >= 0.3 is 6.18 Å². The van der Waals surface area contributed by atoms with Gasteiger partial charge in [-0.15, -0.1) is 0 Å². The second-order valence-electron chi connectivity index (χ2n) is 4.54. The van der Waals surface area contributed by atoms with Gasteiger partial charge in [-0.05, 0) is 32.5 Å². The van der Waals surface area contributed by atoms with Crippen molar-refractivity contribution in [3.63, 3.8) is 0 Å². The lowest BCUT2D eigenvalue weighted by atomic mass is 10.2. The average molecular weight is 253 g/mol. The third kappa shape index (κ3) is 6.85. The minimum absolute atomic E-state index is 0.209. The van der Waals surface area contributed by atoms with Crippen LogP contribution in [0, 0.1) is 0 Å². The molecule has 1 aliphatic rings. The first-order valence-corrected chi connectivity index (χ1v) is 6.23. The van der Waals surface area contributed by atoms with Gasteiger partial charge in [0.25, 0.3) is 0 Å². The molecule has 0 amide bonds. The van der Waals surface area contributed by atoms with Crippen molar-refractivity contribution in [3.05, 3.63) is 0 Å². The first kappa shape index (κ1) is 14.7. The Bertz CT molecular complexity index is 209. The van der Waals surface area contributed by atoms with Gasteiger partial charge in [-0.2, -0.15) is 13.2 Å². The molecule has 1 saturated heterocycles. The zero-order chi connectivity index (χ0) is 12.7. The van der Waals surface area contributed by atoms with Crippen LogP contribution < -0.4 is 5.73 Å². The highest BCUT2D eigenvalue weighted by Gasteiger charge is 2.26. The van der Waals surface area contributed by atoms with Crippen LogP contribution in [-0.2, 0) is 0 Å². The molecule has 1 fully saturated rings. The second-order valence-corrected chi connectivity index (χ2v) is 4.54. The predicted octanol–water partition coefficient (Wildman–Crippen LogP) is 1.30. The van der Waals surface area contributed by atoms with Gasteiger partial charge in [0.2, 0.25) is 0 Å². The Kier molecular flexibility index (Phi) is 6.22. The number of nitrogens with zero attached hydrogens (tertiary/aromatic N) is 2. The largest absolute Gasteiger partial charge is 0.389 e. The number of alkyl halides is 3. The van der Waals surface area contributed by atoms with Gasteiger partial charge in [0.05, 0.1) is 0 Å². The smallest absolute Gasteiger partial charge is 0.329 e. The summed E-state index contributed by atoms with van der Waals surface area (Å²) in [4.78, 5) is 4.41. The minimum Gasteiger partial charge on any atom is -0.329 e. The van der Waals surface area contributed by atoms with E-state index in [0.717, 1.165) is 39.1 Å². The number of nitrogens with two attached hydrogens (primary N) is 1. The SMILES string of the molecule is NCCN1CCCN(CCCC(F)(F)F)CC1. The average Bonchev–Trinajstić information content (AvgIpc) is 2.43. The van der Waals surface area contributed by atoms with Crippen LogP contribution in [0.2, 0.25) is 0 Å². The second kappa shape index (κ2) is 7.18. The molecular formula is C11H22F3N3. The molecule has 2 N–H and O–H groups in total. The Balaban J connectivity index is 2.18. The van der Waals surface area contributed by atoms with Crippen molar-refractivity contribution in [3.8, 4) is 0 Å². The quantitative estimate of drug-likeness (QED) is 0.801. The molecular weight excluding hydrogens is 231 g/mol. The third-order valence-corrected chi connectivity index (χ3v) is 3.06. The molecule has 0 saturated carbocycles. The Morgan fingerprint density at radius 3 is 2.06 bits per heavy atom. The first-order chi connectivity index (χ1) is 8.01. The fourth-order valence-corrected chi connectivity index (χ4v) is 2.16. The summed E-state index contributed by atoms with van der Waals surface area (Å²) in [6, 6.07) is 0. The van der Waals surface area contributed by atoms with E-state index in [9.17, 15) is 13.2 Å². The molecule has 0 aromatic carbocycles. The monoisotopic (exact) mass is 253 g/mol. The van der Waals surface area contributed by atoms with Crippen molar-refractivity contribution in [2.45, 2.75) is 25.4 Å². The van der Waals surface area contributed by atoms with E-state index in [0.29, 0.717) is 13.1 Å². The van der Waals surface area contributed by atoms with Crippen LogP contribution in [0.15, 0.2) is 0 Å². The molecule has 17 heavy (non-hydrogen) atoms. The van der Waals surface area contributed by atoms with Crippen LogP contribution in [-0.4, -0.2) is 61.8 Å². The molecule has 0 atom stereocenters. The fraction of sp³-hybridized carbons (Fsp3) is 1.00. The lowest BCUT2D eigenvalue weighted by Crippen LogP contribution is -2.34. The Hall–Kier alpha value is -0.330. The van der Waals surface area contributed by atoms with Crippen LogP contribution in [0.5, 0.6) is 0 Å². The van der Waals surface area contributed by atoms with Crippen LogP contribution >= 0.6 is 0 Å². The maximum absolute atomic E-state index is 12.0. The lowest BCUT2D eigenvalue weighted by Gasteiger charge is -2.21. The number of hydrogen-bond acceptors (Lipinski definition) is 3. The fourth-order valence-electron chi connectivity index (χ4n) is 2.16. The summed E-state index contributed by atoms with van der Waals surface area (Å²) < 4.78 is 36.0. The molecule has 3 nitrogen and oxygen atoms in total. The lowest BCUT2D eigenvalue weighted by molar-refractivity contribution is -0.136. The summed E-state index contributed by atoms with van der Waals surface area (Å²) in [5.74, 6) is 0. The molecule has 6 heteroatoms. The third-order valence-electron chi connectivity index (χ3n) is 3.06. The normalized spacial score (nSPS) is 20.5. The van der Waals surface area contributed by atoms with Crippen molar-refractivity contribution in [1.29, 1.82) is 0 Å². The van der Waals surface area contributed by atoms with Gasteiger partial charge in [0.1, 0.15) is 0 Å². The highest BCUT2D eigenvalue weighted by Crippen LogP contribution is 2.21. The Morgan fingerprint density at radius 1 is 0.941 bits per heavy atom. The first-order valence-electron chi connectivity index (χ1n) is 6.23. The van der Waals surface area contributed by atoms with E-state index in [4.69, 9.17) is 5.73 Å². The van der Waals surface area contributed by atoms with Gasteiger partial charge in [0, 0.05) is 32.6 Å². The zero-order valence-corrected chi connectivity index (χ0v) is 10.2. The molecule has 1 heterocycles. The molecule has 0 unspecified atom stereocenters. The number of rotatable bonds is 5. The number of hydrogen-bond donors (Lipinski definition) is 1. The van der Waals surface area contributed by atoms with Crippen LogP contribution in [0.3, 0.4) is 0 Å². The predicted molar refractivity (Wildman–Crippen MR) is 61.8 cm³/mol. The molecule has 0 aromatic rings. The Morgan fingerprint density at radius 2 is 1.53 bits per heavy atom. The Labute approximate surface area is 101 Å². The van der Waals surface area contributed by atoms with Crippen molar-refractivity contribution in [1.82, 2.24) is 9.80 Å². The summed E-state index contributed by atoms with van der Waals surface area (Å²) in [6.07, 6.45) is -3.46. The summed E-state index contributed by atoms with van der Waals surface area (Å²) in [7, 11) is 0. The number of halogens is 3. The van der Waals surface area contributed by atoms with Gasteiger partial charge in [-0.3, -0.25) is 0 Å². The highest BCUT2D eigenvalue weighted by atomic mass is 19.4. The summed E-state index contributed by atoms with van der Waals surface area (Å²) in [5.41, 5.74) is 5.49. The maximum Gasteiger partial charge on any atom is 0.389 e. The van der Waals surface area contributed by atoms with Crippen molar-refractivity contribution < 1.29 is 13.2 Å². The van der Waals surface area contributed by atoms with E-state index < -0.39 is 12.6 Å². The maximum atomic E-state index is 12.0. The molecule has 1 aliphatic heterocycles. The molecule has 0 radical (unpaired) electrons. The van der Waals surface area contributed by atoms with Gasteiger partial charge in [0.15, 0.2) is 0 Å². The highest BCUT2D eigenvalue weighted by molar-refractivity contribution is 4.70. The van der Waals surface area contributed by atoms with E-state index in [1.54, 1.807) is 0 Å².